The number of fused-ring (bicyclic) bond motifs is 1. The molecule has 3 aromatic rings. The molecule has 1 N–H and O–H groups in total. The molecule has 214 valence electrons. The third kappa shape index (κ3) is 6.61. The summed E-state index contributed by atoms with van der Waals surface area (Å²) in [6, 6.07) is 20.1. The Morgan fingerprint density at radius 2 is 1.52 bits per heavy atom. The van der Waals surface area contributed by atoms with E-state index in [1.54, 1.807) is 30.3 Å². The minimum atomic E-state index is -3.95. The lowest BCUT2D eigenvalue weighted by Crippen LogP contribution is -2.51. The van der Waals surface area contributed by atoms with Gasteiger partial charge in [-0.05, 0) is 65.3 Å². The van der Waals surface area contributed by atoms with Gasteiger partial charge in [0.05, 0.1) is 23.7 Å². The van der Waals surface area contributed by atoms with E-state index >= 15 is 0 Å². The Hall–Kier alpha value is -3.52. The van der Waals surface area contributed by atoms with Crippen LogP contribution in [0.3, 0.4) is 0 Å². The second kappa shape index (κ2) is 11.2. The molecule has 1 atom stereocenters. The number of carbonyl (C=O) groups excluding carboxylic acids is 1. The quantitative estimate of drug-likeness (QED) is 0.370. The summed E-state index contributed by atoms with van der Waals surface area (Å²) in [5.74, 6) is 0.668. The lowest BCUT2D eigenvalue weighted by atomic mass is 9.86. The molecule has 0 fully saturated rings. The van der Waals surface area contributed by atoms with E-state index in [1.807, 2.05) is 43.3 Å². The lowest BCUT2D eigenvalue weighted by Gasteiger charge is -2.36. The van der Waals surface area contributed by atoms with Gasteiger partial charge in [-0.25, -0.2) is 8.42 Å². The van der Waals surface area contributed by atoms with Crippen molar-refractivity contribution in [2.75, 3.05) is 24.0 Å². The van der Waals surface area contributed by atoms with Crippen LogP contribution in [-0.2, 0) is 25.6 Å². The highest BCUT2D eigenvalue weighted by molar-refractivity contribution is 7.92. The molecule has 1 heterocycles. The molecule has 0 bridgehead atoms. The van der Waals surface area contributed by atoms with Crippen LogP contribution in [0.1, 0.15) is 58.2 Å². The molecule has 0 spiro atoms. The number of nitrogens with zero attached hydrogens (tertiary/aromatic N) is 1. The number of hydrogen-bond acceptors (Lipinski definition) is 5. The van der Waals surface area contributed by atoms with Gasteiger partial charge in [0.25, 0.3) is 15.9 Å². The van der Waals surface area contributed by atoms with Crippen molar-refractivity contribution < 1.29 is 22.7 Å². The maximum Gasteiger partial charge on any atom is 0.264 e. The fourth-order valence-electron chi connectivity index (χ4n) is 4.43. The van der Waals surface area contributed by atoms with Crippen LogP contribution in [0.15, 0.2) is 71.6 Å². The first-order valence-electron chi connectivity index (χ1n) is 13.6. The van der Waals surface area contributed by atoms with Crippen molar-refractivity contribution in [3.05, 3.63) is 83.4 Å². The molecule has 0 aliphatic carbocycles. The Balaban J connectivity index is 1.49. The fraction of sp³-hybridized carbons (Fsp3) is 0.406. The van der Waals surface area contributed by atoms with Gasteiger partial charge in [-0.3, -0.25) is 9.10 Å². The van der Waals surface area contributed by atoms with Gasteiger partial charge < -0.3 is 14.8 Å². The van der Waals surface area contributed by atoms with Crippen molar-refractivity contribution in [3.8, 4) is 11.5 Å². The molecule has 8 heteroatoms. The van der Waals surface area contributed by atoms with E-state index in [9.17, 15) is 13.2 Å². The maximum atomic E-state index is 13.8. The summed E-state index contributed by atoms with van der Waals surface area (Å²) in [5, 5.41) is 2.83. The minimum Gasteiger partial charge on any atom is -0.492 e. The summed E-state index contributed by atoms with van der Waals surface area (Å²) in [4.78, 5) is 13.3. The summed E-state index contributed by atoms with van der Waals surface area (Å²) >= 11 is 0. The Kier molecular flexibility index (Phi) is 8.22. The number of sulfonamides is 1. The van der Waals surface area contributed by atoms with Crippen molar-refractivity contribution >= 4 is 21.6 Å². The highest BCUT2D eigenvalue weighted by Gasteiger charge is 2.38. The zero-order valence-electron chi connectivity index (χ0n) is 24.4. The van der Waals surface area contributed by atoms with Crippen molar-refractivity contribution in [1.82, 2.24) is 5.32 Å². The molecular weight excluding hydrogens is 524 g/mol. The number of hydrogen-bond donors (Lipinski definition) is 1. The van der Waals surface area contributed by atoms with Gasteiger partial charge in [0.15, 0.2) is 6.10 Å². The average Bonchev–Trinajstić information content (AvgIpc) is 2.89. The smallest absolute Gasteiger partial charge is 0.264 e. The van der Waals surface area contributed by atoms with Crippen LogP contribution < -0.4 is 19.1 Å². The van der Waals surface area contributed by atoms with Crippen LogP contribution >= 0.6 is 0 Å². The predicted molar refractivity (Wildman–Crippen MR) is 159 cm³/mol. The topological polar surface area (TPSA) is 84.9 Å². The number of amides is 1. The third-order valence-electron chi connectivity index (χ3n) is 6.99. The van der Waals surface area contributed by atoms with E-state index in [0.717, 1.165) is 16.9 Å². The molecular formula is C32H40N2O5S. The Morgan fingerprint density at radius 1 is 0.925 bits per heavy atom. The molecule has 0 saturated heterocycles. The number of rotatable bonds is 7. The van der Waals surface area contributed by atoms with E-state index < -0.39 is 22.0 Å². The number of nitrogens with one attached hydrogen (secondary N) is 1. The average molecular weight is 565 g/mol. The van der Waals surface area contributed by atoms with Crippen LogP contribution in [0.5, 0.6) is 11.5 Å². The zero-order chi connectivity index (χ0) is 29.3. The summed E-state index contributed by atoms with van der Waals surface area (Å²) < 4.78 is 40.8. The summed E-state index contributed by atoms with van der Waals surface area (Å²) in [7, 11) is -3.95. The number of ether oxygens (including phenoxy) is 2. The van der Waals surface area contributed by atoms with Gasteiger partial charge in [0.2, 0.25) is 0 Å². The molecule has 1 aliphatic rings. The van der Waals surface area contributed by atoms with Gasteiger partial charge >= 0.3 is 0 Å². The second-order valence-electron chi connectivity index (χ2n) is 12.3. The predicted octanol–water partition coefficient (Wildman–Crippen LogP) is 5.74. The molecule has 0 saturated carbocycles. The van der Waals surface area contributed by atoms with E-state index in [2.05, 4.69) is 46.9 Å². The van der Waals surface area contributed by atoms with Crippen molar-refractivity contribution in [2.45, 2.75) is 70.3 Å². The van der Waals surface area contributed by atoms with E-state index in [4.69, 9.17) is 9.47 Å². The largest absolute Gasteiger partial charge is 0.492 e. The Labute approximate surface area is 238 Å². The van der Waals surface area contributed by atoms with Crippen LogP contribution in [0.25, 0.3) is 0 Å². The first-order chi connectivity index (χ1) is 18.7. The van der Waals surface area contributed by atoms with E-state index in [0.29, 0.717) is 11.4 Å². The second-order valence-corrected chi connectivity index (χ2v) is 14.2. The van der Waals surface area contributed by atoms with Crippen molar-refractivity contribution in [2.24, 2.45) is 0 Å². The van der Waals surface area contributed by atoms with E-state index in [1.165, 1.54) is 9.87 Å². The van der Waals surface area contributed by atoms with Crippen LogP contribution in [0.4, 0.5) is 5.69 Å². The normalized spacial score (nSPS) is 15.7. The Morgan fingerprint density at radius 3 is 2.12 bits per heavy atom. The summed E-state index contributed by atoms with van der Waals surface area (Å²) in [6.45, 7) is 14.9. The third-order valence-corrected chi connectivity index (χ3v) is 8.78. The van der Waals surface area contributed by atoms with Crippen LogP contribution in [-0.4, -0.2) is 40.1 Å². The number of anilines is 1. The fourth-order valence-corrected chi connectivity index (χ4v) is 5.90. The van der Waals surface area contributed by atoms with Gasteiger partial charge in [0, 0.05) is 0 Å². The number of carbonyl (C=O) groups is 1. The standard InChI is InChI=1S/C32H40N2O5S/c1-22-8-15-26(16-9-22)40(36,37)34-21-29(39-28-17-12-24(20-27(28)34)32(5,6)7)30(35)33-18-19-38-25-13-10-23(11-14-25)31(2,3)4/h8-17,20,29H,18-19,21H2,1-7H3,(H,33,35)/t29-/m0/s1. The monoisotopic (exact) mass is 564 g/mol. The molecule has 0 radical (unpaired) electrons. The van der Waals surface area contributed by atoms with Gasteiger partial charge in [-0.15, -0.1) is 0 Å². The molecule has 1 amide bonds. The summed E-state index contributed by atoms with van der Waals surface area (Å²) in [6.07, 6.45) is -1.01. The van der Waals surface area contributed by atoms with Gasteiger partial charge in [-0.2, -0.15) is 0 Å². The number of aryl methyl sites for hydroxylation is 1. The highest BCUT2D eigenvalue weighted by atomic mass is 32.2. The molecule has 0 unspecified atom stereocenters. The molecule has 3 aromatic carbocycles. The molecule has 40 heavy (non-hydrogen) atoms. The maximum absolute atomic E-state index is 13.8. The van der Waals surface area contributed by atoms with Gasteiger partial charge in [-0.1, -0.05) is 77.4 Å². The SMILES string of the molecule is Cc1ccc(S(=O)(=O)N2C[C@@H](C(=O)NCCOc3ccc(C(C)(C)C)cc3)Oc3ccc(C(C)(C)C)cc32)cc1. The highest BCUT2D eigenvalue weighted by Crippen LogP contribution is 2.40. The van der Waals surface area contributed by atoms with Crippen molar-refractivity contribution in [3.63, 3.8) is 0 Å². The Bertz CT molecular complexity index is 1450. The first kappa shape index (κ1) is 29.5. The van der Waals surface area contributed by atoms with Gasteiger partial charge in [0.1, 0.15) is 18.1 Å². The lowest BCUT2D eigenvalue weighted by molar-refractivity contribution is -0.127. The molecule has 4 rings (SSSR count). The first-order valence-corrected chi connectivity index (χ1v) is 15.0. The van der Waals surface area contributed by atoms with E-state index in [-0.39, 0.29) is 35.4 Å². The number of benzene rings is 3. The molecule has 1 aliphatic heterocycles. The molecule has 0 aromatic heterocycles. The van der Waals surface area contributed by atoms with Crippen LogP contribution in [0, 0.1) is 6.92 Å². The minimum absolute atomic E-state index is 0.0558. The molecule has 7 nitrogen and oxygen atoms in total. The van der Waals surface area contributed by atoms with Crippen molar-refractivity contribution in [1.29, 1.82) is 0 Å². The zero-order valence-corrected chi connectivity index (χ0v) is 25.3. The van der Waals surface area contributed by atoms with Crippen LogP contribution in [0.2, 0.25) is 0 Å². The summed E-state index contributed by atoms with van der Waals surface area (Å²) in [5.41, 5.74) is 3.42.